The fourth-order valence-electron chi connectivity index (χ4n) is 19.3. The fraction of sp³-hybridized carbons (Fsp3) is 0. The summed E-state index contributed by atoms with van der Waals surface area (Å²) in [5.74, 6) is 0.656. The molecule has 0 amide bonds. The van der Waals surface area contributed by atoms with Gasteiger partial charge in [0, 0.05) is 87.4 Å². The first-order valence-electron chi connectivity index (χ1n) is 42.3. The van der Waals surface area contributed by atoms with Gasteiger partial charge in [-0.3, -0.25) is 4.57 Å². The lowest BCUT2D eigenvalue weighted by Gasteiger charge is -2.14. The van der Waals surface area contributed by atoms with E-state index in [-0.39, 0.29) is 5.28 Å². The minimum Gasteiger partial charge on any atom is -0.354 e. The Labute approximate surface area is 723 Å². The molecule has 0 radical (unpaired) electrons. The van der Waals surface area contributed by atoms with Crippen molar-refractivity contribution >= 4 is 164 Å². The van der Waals surface area contributed by atoms with Gasteiger partial charge in [-0.25, -0.2) is 19.9 Å². The lowest BCUT2D eigenvalue weighted by molar-refractivity contribution is 1.01. The average molecular weight is 1610 g/mol. The summed E-state index contributed by atoms with van der Waals surface area (Å²) in [5, 5.41) is 22.2. The highest BCUT2D eigenvalue weighted by atomic mass is 35.5. The summed E-state index contributed by atoms with van der Waals surface area (Å²) in [6, 6.07) is 156. The number of hydrogen-bond acceptors (Lipinski definition) is 4. The Morgan fingerprint density at radius 1 is 0.200 bits per heavy atom. The molecule has 1 N–H and O–H groups in total. The molecule has 0 atom stereocenters. The molecule has 26 aromatic rings. The van der Waals surface area contributed by atoms with E-state index in [2.05, 4.69) is 405 Å². The third kappa shape index (κ3) is 12.5. The second-order valence-electron chi connectivity index (χ2n) is 32.2. The zero-order valence-electron chi connectivity index (χ0n) is 67.6. The van der Waals surface area contributed by atoms with Gasteiger partial charge in [0.05, 0.1) is 55.5 Å². The van der Waals surface area contributed by atoms with Crippen molar-refractivity contribution in [3.05, 3.63) is 442 Å². The Kier molecular flexibility index (Phi) is 17.5. The number of halogens is 1. The van der Waals surface area contributed by atoms with Crippen molar-refractivity contribution in [1.29, 1.82) is 0 Å². The number of nitrogens with zero attached hydrogens (tertiary/aromatic N) is 7. The molecule has 0 saturated carbocycles. The molecule has 0 aliphatic heterocycles. The van der Waals surface area contributed by atoms with E-state index in [9.17, 15) is 0 Å². The molecular weight excluding hydrogens is 1540 g/mol. The Morgan fingerprint density at radius 2 is 0.560 bits per heavy atom. The number of nitrogens with one attached hydrogen (secondary N) is 1. The van der Waals surface area contributed by atoms with Crippen LogP contribution in [0.5, 0.6) is 0 Å². The summed E-state index contributed by atoms with van der Waals surface area (Å²) in [4.78, 5) is 22.8. The number of aromatic nitrogens is 8. The van der Waals surface area contributed by atoms with Gasteiger partial charge in [-0.05, 0) is 221 Å². The fourth-order valence-corrected chi connectivity index (χ4v) is 19.5. The van der Waals surface area contributed by atoms with E-state index in [0.29, 0.717) is 5.95 Å². The molecule has 0 bridgehead atoms. The molecule has 0 spiro atoms. The number of para-hydroxylation sites is 8. The predicted molar refractivity (Wildman–Crippen MR) is 526 cm³/mol. The molecule has 26 rings (SSSR count). The van der Waals surface area contributed by atoms with E-state index in [1.54, 1.807) is 0 Å². The number of fused-ring (bicyclic) bond motifs is 20. The smallest absolute Gasteiger partial charge is 0.235 e. The lowest BCUT2D eigenvalue weighted by atomic mass is 9.93. The van der Waals surface area contributed by atoms with Crippen molar-refractivity contribution in [3.8, 4) is 84.3 Å². The van der Waals surface area contributed by atoms with E-state index in [0.717, 1.165) is 55.4 Å². The van der Waals surface area contributed by atoms with Crippen molar-refractivity contribution in [1.82, 2.24) is 38.6 Å². The zero-order valence-corrected chi connectivity index (χ0v) is 68.3. The second-order valence-corrected chi connectivity index (χ2v) is 32.5. The third-order valence-corrected chi connectivity index (χ3v) is 25.2. The minimum absolute atomic E-state index is 0.280. The first-order valence-corrected chi connectivity index (χ1v) is 42.7. The lowest BCUT2D eigenvalue weighted by Crippen LogP contribution is -2.03. The third-order valence-electron chi connectivity index (χ3n) is 25.0. The maximum Gasteiger partial charge on any atom is 0.235 e. The monoisotopic (exact) mass is 1610 g/mol. The SMILES string of the molecule is Clc1nc(-c2ccccc2)c2ccccc2n1.c1ccc(-c2nc(-n3c4ccccc4c4c5ccccc5c(-c5ccc6cc(-c7ccc8c(c7)c7ccccc7n8-c7ccccc7)ccc6c5)cc43)nc3ccccc23)cc1.c1ccc(-n2c3ccccc3c3cc(-c4ccc5cc(-c6cc7[nH]c8ccccc8c7c7ccccc67)ccc5c4)ccc32)cc1. The summed E-state index contributed by atoms with van der Waals surface area (Å²) in [7, 11) is 0. The van der Waals surface area contributed by atoms with E-state index < -0.39 is 0 Å². The molecule has 0 aliphatic carbocycles. The van der Waals surface area contributed by atoms with Gasteiger partial charge in [0.1, 0.15) is 0 Å². The van der Waals surface area contributed by atoms with Gasteiger partial charge < -0.3 is 14.1 Å². The maximum atomic E-state index is 5.95. The van der Waals surface area contributed by atoms with Crippen LogP contribution in [0, 0.1) is 0 Å². The van der Waals surface area contributed by atoms with Gasteiger partial charge in [-0.15, -0.1) is 0 Å². The molecular formula is C116H73ClN8. The first-order chi connectivity index (χ1) is 61.9. The topological polar surface area (TPSA) is 82.1 Å². The van der Waals surface area contributed by atoms with Crippen molar-refractivity contribution in [3.63, 3.8) is 0 Å². The molecule has 9 heteroatoms. The molecule has 0 fully saturated rings. The van der Waals surface area contributed by atoms with Crippen LogP contribution in [0.1, 0.15) is 0 Å². The quantitative estimate of drug-likeness (QED) is 0.146. The molecule has 0 unspecified atom stereocenters. The van der Waals surface area contributed by atoms with Gasteiger partial charge in [-0.2, -0.15) is 0 Å². The molecule has 20 aromatic carbocycles. The standard InChI is InChI=1S/C58H36N4.C44H28N2.C14H9ClN2/c1-3-15-37(16-4-1)57-47-22-9-12-24-51(47)59-58(60-57)62-53-26-14-11-23-48(53)56-46-21-8-7-19-44(46)49(36-55(56)62)42-30-29-38-33-39(27-28-40(38)34-42)41-31-32-54-50(35-41)45-20-10-13-25-52(45)61(54)43-17-5-2-6-18-43;1-2-10-33(11-3-1)46-42-17-9-7-13-35(42)39-26-31(22-23-43(39)46)29-18-19-30-25-32(21-20-28(30)24-29)38-27-41-44(36-14-5-4-12-34(36)38)37-15-6-8-16-40(37)45-41;15-14-16-12-9-5-4-8-11(12)13(17-14)10-6-2-1-3-7-10/h1-36H;1-27,45H;1-9H. The van der Waals surface area contributed by atoms with Crippen LogP contribution < -0.4 is 0 Å². The molecule has 0 saturated heterocycles. The summed E-state index contributed by atoms with van der Waals surface area (Å²) < 4.78 is 7.00. The first kappa shape index (κ1) is 72.6. The van der Waals surface area contributed by atoms with Crippen LogP contribution in [0.4, 0.5) is 0 Å². The van der Waals surface area contributed by atoms with Crippen LogP contribution in [0.15, 0.2) is 437 Å². The Morgan fingerprint density at radius 3 is 1.08 bits per heavy atom. The molecule has 6 aromatic heterocycles. The summed E-state index contributed by atoms with van der Waals surface area (Å²) >= 11 is 5.95. The largest absolute Gasteiger partial charge is 0.354 e. The number of rotatable bonds is 9. The van der Waals surface area contributed by atoms with Crippen LogP contribution in [-0.4, -0.2) is 38.6 Å². The van der Waals surface area contributed by atoms with Gasteiger partial charge in [-0.1, -0.05) is 315 Å². The Hall–Kier alpha value is -16.4. The zero-order chi connectivity index (χ0) is 82.6. The normalized spacial score (nSPS) is 11.7. The van der Waals surface area contributed by atoms with Crippen LogP contribution in [0.25, 0.3) is 236 Å². The predicted octanol–water partition coefficient (Wildman–Crippen LogP) is 31.1. The second kappa shape index (κ2) is 30.1. The number of hydrogen-bond donors (Lipinski definition) is 1. The van der Waals surface area contributed by atoms with Crippen molar-refractivity contribution in [2.24, 2.45) is 0 Å². The van der Waals surface area contributed by atoms with E-state index in [1.807, 2.05) is 60.7 Å². The van der Waals surface area contributed by atoms with E-state index in [1.165, 1.54) is 175 Å². The molecule has 6 heterocycles. The van der Waals surface area contributed by atoms with Gasteiger partial charge >= 0.3 is 0 Å². The Balaban J connectivity index is 0.000000121. The minimum atomic E-state index is 0.280. The van der Waals surface area contributed by atoms with Crippen LogP contribution in [-0.2, 0) is 0 Å². The number of H-pyrrole nitrogens is 1. The van der Waals surface area contributed by atoms with Gasteiger partial charge in [0.2, 0.25) is 11.2 Å². The van der Waals surface area contributed by atoms with Crippen LogP contribution >= 0.6 is 11.6 Å². The Bertz CT molecular complexity index is 8810. The maximum absolute atomic E-state index is 5.95. The molecule has 125 heavy (non-hydrogen) atoms. The van der Waals surface area contributed by atoms with Gasteiger partial charge in [0.15, 0.2) is 0 Å². The van der Waals surface area contributed by atoms with E-state index in [4.69, 9.17) is 21.6 Å². The number of aromatic amines is 1. The highest BCUT2D eigenvalue weighted by Gasteiger charge is 2.24. The van der Waals surface area contributed by atoms with E-state index >= 15 is 0 Å². The molecule has 584 valence electrons. The highest BCUT2D eigenvalue weighted by molar-refractivity contribution is 6.29. The summed E-state index contributed by atoms with van der Waals surface area (Å²) in [5.41, 5.74) is 27.1. The van der Waals surface area contributed by atoms with Crippen LogP contribution in [0.3, 0.4) is 0 Å². The van der Waals surface area contributed by atoms with Crippen molar-refractivity contribution < 1.29 is 0 Å². The van der Waals surface area contributed by atoms with Gasteiger partial charge in [0.25, 0.3) is 0 Å². The molecule has 8 nitrogen and oxygen atoms in total. The summed E-state index contributed by atoms with van der Waals surface area (Å²) in [6.45, 7) is 0. The highest BCUT2D eigenvalue weighted by Crippen LogP contribution is 2.46. The van der Waals surface area contributed by atoms with Crippen molar-refractivity contribution in [2.45, 2.75) is 0 Å². The summed E-state index contributed by atoms with van der Waals surface area (Å²) in [6.07, 6.45) is 0. The molecule has 0 aliphatic rings. The van der Waals surface area contributed by atoms with Crippen molar-refractivity contribution in [2.75, 3.05) is 0 Å². The average Bonchev–Trinajstić information content (AvgIpc) is 1.59. The number of benzene rings is 20. The van der Waals surface area contributed by atoms with Crippen LogP contribution in [0.2, 0.25) is 5.28 Å².